The number of para-hydroxylation sites is 1. The fraction of sp³-hybridized carbons (Fsp3) is 0.286. The Morgan fingerprint density at radius 2 is 2.15 bits per heavy atom. The molecule has 0 amide bonds. The molecule has 4 nitrogen and oxygen atoms in total. The predicted molar refractivity (Wildman–Crippen MR) is 85.0 cm³/mol. The van der Waals surface area contributed by atoms with Crippen molar-refractivity contribution in [3.8, 4) is 5.75 Å². The van der Waals surface area contributed by atoms with Gasteiger partial charge in [-0.1, -0.05) is 12.1 Å². The lowest BCUT2D eigenvalue weighted by Crippen LogP contribution is -2.12. The number of nitrogens with zero attached hydrogens (tertiary/aromatic N) is 2. The molecule has 1 aromatic heterocycles. The zero-order valence-corrected chi connectivity index (χ0v) is 12.5. The summed E-state index contributed by atoms with van der Waals surface area (Å²) in [5.41, 5.74) is 0.890. The molecule has 20 heavy (non-hydrogen) atoms. The van der Waals surface area contributed by atoms with Crippen molar-refractivity contribution in [3.05, 3.63) is 36.5 Å². The summed E-state index contributed by atoms with van der Waals surface area (Å²) in [6.45, 7) is 0.857. The molecule has 0 aliphatic rings. The van der Waals surface area contributed by atoms with E-state index < -0.39 is 10.8 Å². The van der Waals surface area contributed by atoms with Crippen molar-refractivity contribution in [2.45, 2.75) is 0 Å². The summed E-state index contributed by atoms with van der Waals surface area (Å²) in [6, 6.07) is 9.59. The van der Waals surface area contributed by atoms with Crippen LogP contribution in [0.3, 0.4) is 0 Å². The highest BCUT2D eigenvalue weighted by atomic mass is 32.2. The first-order valence-electron chi connectivity index (χ1n) is 6.16. The SMILES string of the molecule is O=S(CCN=C=S)CCOc1ccnc2ccccc12. The van der Waals surface area contributed by atoms with E-state index in [1.807, 2.05) is 30.3 Å². The summed E-state index contributed by atoms with van der Waals surface area (Å²) in [7, 11) is -0.950. The number of aromatic nitrogens is 1. The molecular weight excluding hydrogens is 292 g/mol. The van der Waals surface area contributed by atoms with E-state index in [1.165, 1.54) is 0 Å². The lowest BCUT2D eigenvalue weighted by molar-refractivity contribution is 0.346. The highest BCUT2D eigenvalue weighted by Gasteiger charge is 2.04. The summed E-state index contributed by atoms with van der Waals surface area (Å²) >= 11 is 4.45. The zero-order chi connectivity index (χ0) is 14.2. The molecule has 6 heteroatoms. The molecule has 0 radical (unpaired) electrons. The molecule has 2 rings (SSSR count). The van der Waals surface area contributed by atoms with E-state index in [1.54, 1.807) is 6.20 Å². The van der Waals surface area contributed by atoms with E-state index in [0.717, 1.165) is 16.7 Å². The molecule has 1 atom stereocenters. The number of ether oxygens (including phenoxy) is 1. The number of thiocarbonyl (C=S) groups is 1. The van der Waals surface area contributed by atoms with Gasteiger partial charge < -0.3 is 4.74 Å². The highest BCUT2D eigenvalue weighted by Crippen LogP contribution is 2.22. The maximum atomic E-state index is 11.7. The number of rotatable bonds is 7. The van der Waals surface area contributed by atoms with Gasteiger partial charge in [0.2, 0.25) is 0 Å². The average molecular weight is 306 g/mol. The Kier molecular flexibility index (Phi) is 5.80. The Balaban J connectivity index is 1.90. The fourth-order valence-corrected chi connectivity index (χ4v) is 2.59. The highest BCUT2D eigenvalue weighted by molar-refractivity contribution is 7.85. The van der Waals surface area contributed by atoms with Crippen LogP contribution in [0.5, 0.6) is 5.75 Å². The topological polar surface area (TPSA) is 51.5 Å². The van der Waals surface area contributed by atoms with Crippen molar-refractivity contribution in [3.63, 3.8) is 0 Å². The van der Waals surface area contributed by atoms with Crippen LogP contribution < -0.4 is 4.74 Å². The number of hydrogen-bond acceptors (Lipinski definition) is 5. The molecule has 0 aliphatic carbocycles. The van der Waals surface area contributed by atoms with E-state index in [2.05, 4.69) is 27.4 Å². The average Bonchev–Trinajstić information content (AvgIpc) is 2.48. The van der Waals surface area contributed by atoms with Gasteiger partial charge in [0.1, 0.15) is 5.75 Å². The molecule has 0 saturated heterocycles. The Hall–Kier alpha value is -1.62. The second kappa shape index (κ2) is 7.85. The number of benzene rings is 1. The molecule has 0 spiro atoms. The zero-order valence-electron chi connectivity index (χ0n) is 10.8. The number of hydrogen-bond donors (Lipinski definition) is 0. The van der Waals surface area contributed by atoms with E-state index >= 15 is 0 Å². The summed E-state index contributed by atoms with van der Waals surface area (Å²) in [5, 5.41) is 3.22. The Bertz CT molecular complexity index is 649. The minimum Gasteiger partial charge on any atom is -0.492 e. The maximum Gasteiger partial charge on any atom is 0.130 e. The minimum absolute atomic E-state index is 0.405. The van der Waals surface area contributed by atoms with Crippen molar-refractivity contribution >= 4 is 39.1 Å². The first-order chi connectivity index (χ1) is 9.81. The van der Waals surface area contributed by atoms with Crippen LogP contribution in [0, 0.1) is 0 Å². The van der Waals surface area contributed by atoms with Crippen LogP contribution in [0.1, 0.15) is 0 Å². The third-order valence-electron chi connectivity index (χ3n) is 2.67. The van der Waals surface area contributed by atoms with Gasteiger partial charge in [0.15, 0.2) is 0 Å². The van der Waals surface area contributed by atoms with Crippen LogP contribution in [0.2, 0.25) is 0 Å². The maximum absolute atomic E-state index is 11.7. The first-order valence-corrected chi connectivity index (χ1v) is 8.06. The molecule has 0 fully saturated rings. The molecule has 0 aliphatic heterocycles. The second-order valence-corrected chi connectivity index (χ2v) is 5.87. The van der Waals surface area contributed by atoms with E-state index in [-0.39, 0.29) is 0 Å². The lowest BCUT2D eigenvalue weighted by atomic mass is 10.2. The Labute approximate surface area is 125 Å². The van der Waals surface area contributed by atoms with Crippen molar-refractivity contribution in [1.82, 2.24) is 4.98 Å². The predicted octanol–water partition coefficient (Wildman–Crippen LogP) is 2.47. The van der Waals surface area contributed by atoms with Crippen LogP contribution in [0.4, 0.5) is 0 Å². The van der Waals surface area contributed by atoms with Gasteiger partial charge in [-0.3, -0.25) is 9.19 Å². The minimum atomic E-state index is -0.950. The smallest absolute Gasteiger partial charge is 0.130 e. The van der Waals surface area contributed by atoms with Crippen molar-refractivity contribution in [1.29, 1.82) is 0 Å². The van der Waals surface area contributed by atoms with Gasteiger partial charge in [0.25, 0.3) is 0 Å². The second-order valence-electron chi connectivity index (χ2n) is 4.00. The number of fused-ring (bicyclic) bond motifs is 1. The van der Waals surface area contributed by atoms with Crippen molar-refractivity contribution < 1.29 is 8.95 Å². The monoisotopic (exact) mass is 306 g/mol. The molecule has 0 bridgehead atoms. The largest absolute Gasteiger partial charge is 0.492 e. The van der Waals surface area contributed by atoms with Gasteiger partial charge in [0, 0.05) is 28.1 Å². The summed E-state index contributed by atoms with van der Waals surface area (Å²) in [5.74, 6) is 1.73. The van der Waals surface area contributed by atoms with Crippen molar-refractivity contribution in [2.24, 2.45) is 4.99 Å². The van der Waals surface area contributed by atoms with Crippen LogP contribution >= 0.6 is 12.2 Å². The Morgan fingerprint density at radius 3 is 3.00 bits per heavy atom. The third-order valence-corrected chi connectivity index (χ3v) is 4.06. The fourth-order valence-electron chi connectivity index (χ4n) is 1.74. The lowest BCUT2D eigenvalue weighted by Gasteiger charge is -2.08. The number of pyridine rings is 1. The van der Waals surface area contributed by atoms with Crippen LogP contribution in [0.25, 0.3) is 10.9 Å². The number of isothiocyanates is 1. The van der Waals surface area contributed by atoms with E-state index in [9.17, 15) is 4.21 Å². The van der Waals surface area contributed by atoms with Gasteiger partial charge in [-0.25, -0.2) is 4.99 Å². The normalized spacial score (nSPS) is 11.8. The van der Waals surface area contributed by atoms with Gasteiger partial charge in [-0.15, -0.1) is 0 Å². The number of aliphatic imine (C=N–C) groups is 1. The molecule has 1 aromatic carbocycles. The Morgan fingerprint density at radius 1 is 1.30 bits per heavy atom. The molecule has 1 unspecified atom stereocenters. The molecule has 104 valence electrons. The first kappa shape index (κ1) is 14.8. The van der Waals surface area contributed by atoms with Gasteiger partial charge in [-0.2, -0.15) is 0 Å². The van der Waals surface area contributed by atoms with Gasteiger partial charge in [0.05, 0.1) is 29.6 Å². The summed E-state index contributed by atoms with van der Waals surface area (Å²) in [4.78, 5) is 8.01. The summed E-state index contributed by atoms with van der Waals surface area (Å²) in [6.07, 6.45) is 1.71. The van der Waals surface area contributed by atoms with Crippen LogP contribution in [-0.2, 0) is 10.8 Å². The van der Waals surface area contributed by atoms with Gasteiger partial charge >= 0.3 is 0 Å². The van der Waals surface area contributed by atoms with Crippen LogP contribution in [0.15, 0.2) is 41.5 Å². The molecule has 1 heterocycles. The van der Waals surface area contributed by atoms with Crippen molar-refractivity contribution in [2.75, 3.05) is 24.7 Å². The molecule has 0 N–H and O–H groups in total. The quantitative estimate of drug-likeness (QED) is 0.582. The molecule has 0 saturated carbocycles. The molecule has 2 aromatic rings. The standard InChI is InChI=1S/C14H14N2O2S2/c17-20(9-7-15-11-19)10-8-18-14-5-6-16-13-4-2-1-3-12(13)14/h1-6H,7-10H2. The summed E-state index contributed by atoms with van der Waals surface area (Å²) < 4.78 is 17.4. The third kappa shape index (κ3) is 4.20. The van der Waals surface area contributed by atoms with E-state index in [4.69, 9.17) is 4.74 Å². The van der Waals surface area contributed by atoms with Crippen LogP contribution in [-0.4, -0.2) is 39.0 Å². The molecular formula is C14H14N2O2S2. The van der Waals surface area contributed by atoms with E-state index in [0.29, 0.717) is 24.7 Å². The van der Waals surface area contributed by atoms with Gasteiger partial charge in [-0.05, 0) is 30.4 Å².